The zero-order valence-electron chi connectivity index (χ0n) is 11.7. The van der Waals surface area contributed by atoms with Gasteiger partial charge in [0.2, 0.25) is 0 Å². The molecule has 1 aliphatic rings. The van der Waals surface area contributed by atoms with Gasteiger partial charge in [-0.3, -0.25) is 9.17 Å². The quantitative estimate of drug-likeness (QED) is 0.799. The molecule has 0 aromatic carbocycles. The molecule has 4 nitrogen and oxygen atoms in total. The van der Waals surface area contributed by atoms with Crippen molar-refractivity contribution in [1.82, 2.24) is 4.98 Å². The molecule has 0 bridgehead atoms. The van der Waals surface area contributed by atoms with Crippen LogP contribution in [0.2, 0.25) is 0 Å². The fourth-order valence-corrected chi connectivity index (χ4v) is 2.70. The van der Waals surface area contributed by atoms with Gasteiger partial charge in [-0.25, -0.2) is 0 Å². The molecule has 0 unspecified atom stereocenters. The lowest BCUT2D eigenvalue weighted by atomic mass is 9.80. The molecule has 21 heavy (non-hydrogen) atoms. The number of aryl methyl sites for hydroxylation is 1. The van der Waals surface area contributed by atoms with E-state index in [1.807, 2.05) is 0 Å². The smallest absolute Gasteiger partial charge is 0.265 e. The number of nitrogens with zero attached hydrogens (tertiary/aromatic N) is 1. The maximum absolute atomic E-state index is 13.3. The van der Waals surface area contributed by atoms with Gasteiger partial charge in [-0.15, -0.1) is 0 Å². The Morgan fingerprint density at radius 2 is 2.00 bits per heavy atom. The number of hydrogen-bond donors (Lipinski definition) is 0. The van der Waals surface area contributed by atoms with E-state index in [1.54, 1.807) is 6.92 Å². The third kappa shape index (κ3) is 3.94. The number of pyridine rings is 1. The molecule has 0 saturated heterocycles. The zero-order chi connectivity index (χ0) is 15.8. The second-order valence-corrected chi connectivity index (χ2v) is 6.92. The van der Waals surface area contributed by atoms with Gasteiger partial charge in [0.1, 0.15) is 0 Å². The van der Waals surface area contributed by atoms with Gasteiger partial charge < -0.3 is 0 Å². The summed E-state index contributed by atoms with van der Waals surface area (Å²) in [5.41, 5.74) is -0.582. The van der Waals surface area contributed by atoms with Crippen LogP contribution in [0.5, 0.6) is 0 Å². The first-order valence-electron chi connectivity index (χ1n) is 6.50. The molecule has 0 N–H and O–H groups in total. The van der Waals surface area contributed by atoms with Crippen molar-refractivity contribution in [2.75, 3.05) is 6.26 Å². The predicted molar refractivity (Wildman–Crippen MR) is 70.2 cm³/mol. The monoisotopic (exact) mass is 323 g/mol. The highest BCUT2D eigenvalue weighted by atomic mass is 32.2. The van der Waals surface area contributed by atoms with Crippen molar-refractivity contribution in [3.63, 3.8) is 0 Å². The summed E-state index contributed by atoms with van der Waals surface area (Å²) in [4.78, 5) is 4.04. The highest BCUT2D eigenvalue weighted by Gasteiger charge is 2.40. The topological polar surface area (TPSA) is 56.3 Å². The van der Waals surface area contributed by atoms with Crippen molar-refractivity contribution >= 4 is 10.1 Å². The Labute approximate surface area is 121 Å². The van der Waals surface area contributed by atoms with Gasteiger partial charge in [0, 0.05) is 11.6 Å². The molecule has 1 aromatic rings. The number of halogens is 3. The first-order valence-corrected chi connectivity index (χ1v) is 8.31. The Morgan fingerprint density at radius 3 is 2.43 bits per heavy atom. The second-order valence-electron chi connectivity index (χ2n) is 5.27. The Hall–Kier alpha value is -1.15. The van der Waals surface area contributed by atoms with Crippen LogP contribution in [-0.2, 0) is 27.1 Å². The largest absolute Gasteiger partial charge is 0.418 e. The number of alkyl halides is 3. The van der Waals surface area contributed by atoms with Crippen LogP contribution in [0.1, 0.15) is 47.7 Å². The normalized spacial score (nSPS) is 16.8. The summed E-state index contributed by atoms with van der Waals surface area (Å²) in [5, 5.41) is 0. The lowest BCUT2D eigenvalue weighted by Crippen LogP contribution is -2.21. The van der Waals surface area contributed by atoms with Gasteiger partial charge in [-0.1, -0.05) is 6.42 Å². The zero-order valence-corrected chi connectivity index (χ0v) is 12.5. The Kier molecular flexibility index (Phi) is 4.30. The van der Waals surface area contributed by atoms with E-state index in [9.17, 15) is 21.6 Å². The summed E-state index contributed by atoms with van der Waals surface area (Å²) in [6, 6.07) is 1.23. The number of hydrogen-bond acceptors (Lipinski definition) is 4. The first kappa shape index (κ1) is 16.2. The van der Waals surface area contributed by atoms with Crippen LogP contribution >= 0.6 is 0 Å². The molecule has 0 radical (unpaired) electrons. The Balaban J connectivity index is 2.48. The lowest BCUT2D eigenvalue weighted by Gasteiger charge is -2.29. The minimum Gasteiger partial charge on any atom is -0.265 e. The molecule has 8 heteroatoms. The van der Waals surface area contributed by atoms with Crippen molar-refractivity contribution in [3.8, 4) is 0 Å². The molecule has 1 saturated carbocycles. The number of aromatic nitrogens is 1. The molecule has 118 valence electrons. The number of rotatable bonds is 4. The van der Waals surface area contributed by atoms with Crippen molar-refractivity contribution in [1.29, 1.82) is 0 Å². The van der Waals surface area contributed by atoms with Crippen molar-refractivity contribution < 1.29 is 25.8 Å². The molecule has 0 atom stereocenters. The van der Waals surface area contributed by atoms with Gasteiger partial charge in [0.05, 0.1) is 24.1 Å². The molecule has 0 amide bonds. The fourth-order valence-electron chi connectivity index (χ4n) is 2.36. The van der Waals surface area contributed by atoms with Crippen molar-refractivity contribution in [2.24, 2.45) is 0 Å². The molecule has 1 aromatic heterocycles. The van der Waals surface area contributed by atoms with Gasteiger partial charge in [0.25, 0.3) is 10.1 Å². The highest BCUT2D eigenvalue weighted by Crippen LogP contribution is 2.43. The van der Waals surface area contributed by atoms with E-state index in [0.29, 0.717) is 18.5 Å². The minimum absolute atomic E-state index is 0.0147. The van der Waals surface area contributed by atoms with E-state index in [1.165, 1.54) is 6.07 Å². The first-order chi connectivity index (χ1) is 9.58. The SMILES string of the molecule is Cc1cc(COS(C)(=O)=O)c(C(F)(F)F)c(C2CCC2)n1. The Bertz CT molecular complexity index is 637. The molecule has 1 heterocycles. The standard InChI is InChI=1S/C13H16F3NO3S/c1-8-6-10(7-20-21(2,18)19)11(13(14,15)16)12(17-8)9-4-3-5-9/h6,9H,3-5,7H2,1-2H3. The third-order valence-corrected chi connectivity index (χ3v) is 4.01. The third-order valence-electron chi connectivity index (χ3n) is 3.46. The van der Waals surface area contributed by atoms with E-state index in [0.717, 1.165) is 12.7 Å². The van der Waals surface area contributed by atoms with Crippen molar-refractivity contribution in [3.05, 3.63) is 28.6 Å². The molecule has 1 aliphatic carbocycles. The summed E-state index contributed by atoms with van der Waals surface area (Å²) in [6.07, 6.45) is -1.55. The summed E-state index contributed by atoms with van der Waals surface area (Å²) in [5.74, 6) is -0.210. The molecule has 2 rings (SSSR count). The van der Waals surface area contributed by atoms with E-state index in [-0.39, 0.29) is 17.2 Å². The second kappa shape index (κ2) is 5.57. The van der Waals surface area contributed by atoms with Crippen LogP contribution < -0.4 is 0 Å². The maximum atomic E-state index is 13.3. The summed E-state index contributed by atoms with van der Waals surface area (Å²) in [7, 11) is -3.81. The summed E-state index contributed by atoms with van der Waals surface area (Å²) >= 11 is 0. The molecule has 1 fully saturated rings. The predicted octanol–water partition coefficient (Wildman–Crippen LogP) is 3.15. The van der Waals surface area contributed by atoms with Crippen LogP contribution in [0.15, 0.2) is 6.07 Å². The van der Waals surface area contributed by atoms with Crippen LogP contribution in [0, 0.1) is 6.92 Å². The summed E-state index contributed by atoms with van der Waals surface area (Å²) in [6.45, 7) is 0.961. The van der Waals surface area contributed by atoms with Crippen LogP contribution in [0.25, 0.3) is 0 Å². The lowest BCUT2D eigenvalue weighted by molar-refractivity contribution is -0.139. The molecular weight excluding hydrogens is 307 g/mol. The maximum Gasteiger partial charge on any atom is 0.418 e. The van der Waals surface area contributed by atoms with E-state index in [4.69, 9.17) is 0 Å². The summed E-state index contributed by atoms with van der Waals surface area (Å²) < 4.78 is 66.6. The fraction of sp³-hybridized carbons (Fsp3) is 0.615. The highest BCUT2D eigenvalue weighted by molar-refractivity contribution is 7.85. The van der Waals surface area contributed by atoms with Crippen LogP contribution in [-0.4, -0.2) is 19.7 Å². The van der Waals surface area contributed by atoms with Gasteiger partial charge >= 0.3 is 6.18 Å². The molecular formula is C13H16F3NO3S. The molecule has 0 spiro atoms. The van der Waals surface area contributed by atoms with E-state index < -0.39 is 28.5 Å². The van der Waals surface area contributed by atoms with Crippen molar-refractivity contribution in [2.45, 2.75) is 44.9 Å². The van der Waals surface area contributed by atoms with Gasteiger partial charge in [0.15, 0.2) is 0 Å². The van der Waals surface area contributed by atoms with Crippen LogP contribution in [0.3, 0.4) is 0 Å². The van der Waals surface area contributed by atoms with Crippen LogP contribution in [0.4, 0.5) is 13.2 Å². The average molecular weight is 323 g/mol. The van der Waals surface area contributed by atoms with E-state index >= 15 is 0 Å². The Morgan fingerprint density at radius 1 is 1.38 bits per heavy atom. The van der Waals surface area contributed by atoms with Gasteiger partial charge in [-0.05, 0) is 31.4 Å². The average Bonchev–Trinajstić information content (AvgIpc) is 2.20. The van der Waals surface area contributed by atoms with Gasteiger partial charge in [-0.2, -0.15) is 21.6 Å². The van der Waals surface area contributed by atoms with E-state index in [2.05, 4.69) is 9.17 Å². The minimum atomic E-state index is -4.58. The molecule has 0 aliphatic heterocycles.